The van der Waals surface area contributed by atoms with Gasteiger partial charge in [0.25, 0.3) is 15.9 Å². The van der Waals surface area contributed by atoms with Gasteiger partial charge in [-0.15, -0.1) is 16.2 Å². The lowest BCUT2D eigenvalue weighted by Crippen LogP contribution is -2.41. The van der Waals surface area contributed by atoms with Crippen LogP contribution in [-0.4, -0.2) is 19.3 Å². The van der Waals surface area contributed by atoms with E-state index >= 15 is 0 Å². The highest BCUT2D eigenvalue weighted by Gasteiger charge is 2.19. The average Bonchev–Trinajstić information content (AvgIpc) is 3.02. The lowest BCUT2D eigenvalue weighted by Gasteiger charge is -2.08. The second-order valence-corrected chi connectivity index (χ2v) is 8.43. The maximum absolute atomic E-state index is 12.4. The van der Waals surface area contributed by atoms with Crippen LogP contribution in [0.25, 0.3) is 10.6 Å². The van der Waals surface area contributed by atoms with Gasteiger partial charge in [0.1, 0.15) is 9.88 Å². The molecule has 0 aliphatic carbocycles. The van der Waals surface area contributed by atoms with Gasteiger partial charge in [-0.1, -0.05) is 48.0 Å². The highest BCUT2D eigenvalue weighted by molar-refractivity contribution is 7.89. The Hall–Kier alpha value is -2.26. The number of aromatic nitrogens is 1. The Morgan fingerprint density at radius 3 is 2.54 bits per heavy atom. The van der Waals surface area contributed by atoms with Crippen LogP contribution in [0.5, 0.6) is 0 Å². The van der Waals surface area contributed by atoms with E-state index < -0.39 is 15.9 Å². The minimum Gasteiger partial charge on any atom is -0.273 e. The number of nitrogens with one attached hydrogen (secondary N) is 2. The zero-order chi connectivity index (χ0) is 18.7. The van der Waals surface area contributed by atoms with Gasteiger partial charge in [-0.3, -0.25) is 10.2 Å². The van der Waals surface area contributed by atoms with Gasteiger partial charge in [-0.05, 0) is 25.1 Å². The molecule has 1 heterocycles. The third-order valence-electron chi connectivity index (χ3n) is 3.43. The Balaban J connectivity index is 1.76. The summed E-state index contributed by atoms with van der Waals surface area (Å²) in [5.41, 5.74) is 3.62. The summed E-state index contributed by atoms with van der Waals surface area (Å²) in [6.45, 7) is 1.70. The molecule has 0 unspecified atom stereocenters. The molecule has 1 aromatic heterocycles. The van der Waals surface area contributed by atoms with E-state index in [1.807, 2.05) is 30.3 Å². The number of hydrogen-bond donors (Lipinski definition) is 2. The Bertz CT molecular complexity index is 1050. The SMILES string of the molecule is Cc1nc(-c2ccccc2)sc1C(=O)NNS(=O)(=O)c1cccc(Cl)c1. The molecule has 0 atom stereocenters. The molecule has 6 nitrogen and oxygen atoms in total. The molecule has 3 rings (SSSR count). The lowest BCUT2D eigenvalue weighted by atomic mass is 10.2. The van der Waals surface area contributed by atoms with Crippen LogP contribution < -0.4 is 10.3 Å². The number of benzene rings is 2. The summed E-state index contributed by atoms with van der Waals surface area (Å²) < 4.78 is 24.5. The molecule has 0 aliphatic rings. The van der Waals surface area contributed by atoms with E-state index in [0.717, 1.165) is 5.56 Å². The van der Waals surface area contributed by atoms with Crippen molar-refractivity contribution < 1.29 is 13.2 Å². The Labute approximate surface area is 159 Å². The number of halogens is 1. The molecule has 2 aromatic carbocycles. The van der Waals surface area contributed by atoms with E-state index in [-0.39, 0.29) is 9.92 Å². The van der Waals surface area contributed by atoms with Crippen LogP contribution in [0.1, 0.15) is 15.4 Å². The number of hydrazine groups is 1. The molecule has 0 radical (unpaired) electrons. The number of aryl methyl sites for hydroxylation is 1. The fourth-order valence-electron chi connectivity index (χ4n) is 2.17. The van der Waals surface area contributed by atoms with Crippen molar-refractivity contribution in [2.75, 3.05) is 0 Å². The third kappa shape index (κ3) is 4.10. The molecule has 9 heteroatoms. The fourth-order valence-corrected chi connectivity index (χ4v) is 4.28. The second-order valence-electron chi connectivity index (χ2n) is 5.32. The van der Waals surface area contributed by atoms with Crippen molar-refractivity contribution in [3.05, 3.63) is 70.2 Å². The quantitative estimate of drug-likeness (QED) is 0.634. The molecule has 0 aliphatic heterocycles. The first-order chi connectivity index (χ1) is 12.4. The fraction of sp³-hybridized carbons (Fsp3) is 0.0588. The van der Waals surface area contributed by atoms with E-state index in [9.17, 15) is 13.2 Å². The molecule has 0 bridgehead atoms. The van der Waals surface area contributed by atoms with Crippen LogP contribution in [-0.2, 0) is 10.0 Å². The Kier molecular flexibility index (Phi) is 5.38. The highest BCUT2D eigenvalue weighted by atomic mass is 35.5. The number of sulfonamides is 1. The van der Waals surface area contributed by atoms with Gasteiger partial charge in [-0.2, -0.15) is 0 Å². The van der Waals surface area contributed by atoms with Crippen LogP contribution >= 0.6 is 22.9 Å². The standard InChI is InChI=1S/C17H14ClN3O3S2/c1-11-15(25-17(19-11)12-6-3-2-4-7-12)16(22)20-21-26(23,24)14-9-5-8-13(18)10-14/h2-10,21H,1H3,(H,20,22). The average molecular weight is 408 g/mol. The summed E-state index contributed by atoms with van der Waals surface area (Å²) in [5, 5.41) is 0.968. The second kappa shape index (κ2) is 7.55. The van der Waals surface area contributed by atoms with Gasteiger partial charge in [0.15, 0.2) is 0 Å². The van der Waals surface area contributed by atoms with Gasteiger partial charge in [0.2, 0.25) is 0 Å². The zero-order valence-electron chi connectivity index (χ0n) is 13.6. The Morgan fingerprint density at radius 2 is 1.85 bits per heavy atom. The number of thiazole rings is 1. The van der Waals surface area contributed by atoms with Crippen molar-refractivity contribution in [1.82, 2.24) is 15.2 Å². The topological polar surface area (TPSA) is 88.2 Å². The largest absolute Gasteiger partial charge is 0.278 e. The monoisotopic (exact) mass is 407 g/mol. The number of hydrogen-bond acceptors (Lipinski definition) is 5. The van der Waals surface area contributed by atoms with Crippen molar-refractivity contribution in [3.63, 3.8) is 0 Å². The zero-order valence-corrected chi connectivity index (χ0v) is 16.0. The molecule has 1 amide bonds. The van der Waals surface area contributed by atoms with E-state index in [1.54, 1.807) is 13.0 Å². The number of rotatable bonds is 5. The predicted octanol–water partition coefficient (Wildman–Crippen LogP) is 3.40. The van der Waals surface area contributed by atoms with Gasteiger partial charge >= 0.3 is 0 Å². The van der Waals surface area contributed by atoms with Crippen LogP contribution in [0, 0.1) is 6.92 Å². The van der Waals surface area contributed by atoms with Crippen molar-refractivity contribution in [2.45, 2.75) is 11.8 Å². The smallest absolute Gasteiger partial charge is 0.273 e. The van der Waals surface area contributed by atoms with Crippen LogP contribution in [0.15, 0.2) is 59.5 Å². The maximum atomic E-state index is 12.4. The molecule has 0 fully saturated rings. The summed E-state index contributed by atoms with van der Waals surface area (Å²) in [4.78, 5) is 19.1. The summed E-state index contributed by atoms with van der Waals surface area (Å²) >= 11 is 7.00. The van der Waals surface area contributed by atoms with Crippen LogP contribution in [0.2, 0.25) is 5.02 Å². The van der Waals surface area contributed by atoms with E-state index in [0.29, 0.717) is 15.6 Å². The molecule has 0 spiro atoms. The van der Waals surface area contributed by atoms with Crippen molar-refractivity contribution in [2.24, 2.45) is 0 Å². The molecule has 0 saturated heterocycles. The summed E-state index contributed by atoms with van der Waals surface area (Å²) in [5.74, 6) is -0.576. The molecule has 2 N–H and O–H groups in total. The van der Waals surface area contributed by atoms with Crippen molar-refractivity contribution >= 4 is 38.9 Å². The highest BCUT2D eigenvalue weighted by Crippen LogP contribution is 2.27. The number of carbonyl (C=O) groups excluding carboxylic acids is 1. The number of amides is 1. The number of nitrogens with zero attached hydrogens (tertiary/aromatic N) is 1. The molecule has 3 aromatic rings. The van der Waals surface area contributed by atoms with E-state index in [4.69, 9.17) is 11.6 Å². The first-order valence-electron chi connectivity index (χ1n) is 7.47. The predicted molar refractivity (Wildman–Crippen MR) is 102 cm³/mol. The normalized spacial score (nSPS) is 11.3. The molecule has 26 heavy (non-hydrogen) atoms. The van der Waals surface area contributed by atoms with Crippen LogP contribution in [0.4, 0.5) is 0 Å². The molecular formula is C17H14ClN3O3S2. The van der Waals surface area contributed by atoms with E-state index in [1.165, 1.54) is 29.5 Å². The molecular weight excluding hydrogens is 394 g/mol. The Morgan fingerprint density at radius 1 is 1.12 bits per heavy atom. The van der Waals surface area contributed by atoms with Crippen LogP contribution in [0.3, 0.4) is 0 Å². The summed E-state index contributed by atoms with van der Waals surface area (Å²) in [7, 11) is -3.93. The first-order valence-corrected chi connectivity index (χ1v) is 10.1. The van der Waals surface area contributed by atoms with Gasteiger partial charge in [-0.25, -0.2) is 13.4 Å². The maximum Gasteiger partial charge on any atom is 0.278 e. The van der Waals surface area contributed by atoms with Crippen molar-refractivity contribution in [3.8, 4) is 10.6 Å². The third-order valence-corrected chi connectivity index (χ3v) is 6.11. The lowest BCUT2D eigenvalue weighted by molar-refractivity contribution is 0.0948. The molecule has 134 valence electrons. The first kappa shape index (κ1) is 18.5. The van der Waals surface area contributed by atoms with E-state index in [2.05, 4.69) is 15.2 Å². The summed E-state index contributed by atoms with van der Waals surface area (Å²) in [6, 6.07) is 15.2. The summed E-state index contributed by atoms with van der Waals surface area (Å²) in [6.07, 6.45) is 0. The van der Waals surface area contributed by atoms with Crippen molar-refractivity contribution in [1.29, 1.82) is 0 Å². The van der Waals surface area contributed by atoms with Gasteiger partial charge in [0.05, 0.1) is 10.6 Å². The molecule has 0 saturated carbocycles. The van der Waals surface area contributed by atoms with Gasteiger partial charge in [0, 0.05) is 10.6 Å². The number of carbonyl (C=O) groups is 1. The van der Waals surface area contributed by atoms with Gasteiger partial charge < -0.3 is 0 Å². The minimum absolute atomic E-state index is 0.0451. The minimum atomic E-state index is -3.93.